The Balaban J connectivity index is 1.75. The first kappa shape index (κ1) is 20.3. The molecule has 29 heavy (non-hydrogen) atoms. The molecule has 9 nitrogen and oxygen atoms in total. The van der Waals surface area contributed by atoms with Crippen LogP contribution in [0.5, 0.6) is 11.5 Å². The van der Waals surface area contributed by atoms with Gasteiger partial charge in [-0.3, -0.25) is 14.9 Å². The number of hydrazone groups is 1. The summed E-state index contributed by atoms with van der Waals surface area (Å²) in [4.78, 5) is 22.6. The molecule has 1 amide bonds. The highest BCUT2D eigenvalue weighted by molar-refractivity contribution is 9.10. The predicted octanol–water partition coefficient (Wildman–Crippen LogP) is 4.27. The van der Waals surface area contributed by atoms with Crippen molar-refractivity contribution in [3.05, 3.63) is 62.3 Å². The number of nitro benzene ring substituents is 1. The van der Waals surface area contributed by atoms with Crippen molar-refractivity contribution in [2.45, 2.75) is 6.92 Å². The molecule has 0 atom stereocenters. The third-order valence-corrected chi connectivity index (χ3v) is 4.44. The zero-order valence-electron chi connectivity index (χ0n) is 15.5. The number of fused-ring (bicyclic) bond motifs is 1. The zero-order valence-corrected chi connectivity index (χ0v) is 17.1. The quantitative estimate of drug-likeness (QED) is 0.318. The van der Waals surface area contributed by atoms with Crippen molar-refractivity contribution in [2.75, 3.05) is 13.7 Å². The minimum Gasteiger partial charge on any atom is -0.492 e. The van der Waals surface area contributed by atoms with Crippen molar-refractivity contribution in [2.24, 2.45) is 5.10 Å². The second-order valence-corrected chi connectivity index (χ2v) is 6.61. The maximum Gasteiger partial charge on any atom is 0.307 e. The van der Waals surface area contributed by atoms with Gasteiger partial charge in [0, 0.05) is 17.5 Å². The number of halogens is 1. The number of hydrogen-bond donors (Lipinski definition) is 1. The van der Waals surface area contributed by atoms with Crippen molar-refractivity contribution in [3.8, 4) is 11.5 Å². The fraction of sp³-hybridized carbons (Fsp3) is 0.158. The van der Waals surface area contributed by atoms with E-state index in [4.69, 9.17) is 13.9 Å². The molecule has 0 aliphatic heterocycles. The Morgan fingerprint density at radius 3 is 2.83 bits per heavy atom. The monoisotopic (exact) mass is 461 g/mol. The van der Waals surface area contributed by atoms with E-state index < -0.39 is 10.8 Å². The van der Waals surface area contributed by atoms with Gasteiger partial charge in [-0.15, -0.1) is 0 Å². The van der Waals surface area contributed by atoms with E-state index in [0.717, 1.165) is 0 Å². The summed E-state index contributed by atoms with van der Waals surface area (Å²) in [6.07, 6.45) is 1.44. The first-order chi connectivity index (χ1) is 13.9. The van der Waals surface area contributed by atoms with Crippen molar-refractivity contribution < 1.29 is 23.6 Å². The first-order valence-corrected chi connectivity index (χ1v) is 9.24. The van der Waals surface area contributed by atoms with Crippen molar-refractivity contribution >= 4 is 44.7 Å². The number of furan rings is 1. The van der Waals surface area contributed by atoms with Crippen molar-refractivity contribution in [1.82, 2.24) is 5.43 Å². The van der Waals surface area contributed by atoms with Gasteiger partial charge in [0.15, 0.2) is 17.3 Å². The summed E-state index contributed by atoms with van der Waals surface area (Å²) >= 11 is 3.40. The molecule has 1 aromatic heterocycles. The molecule has 3 aromatic rings. The normalized spacial score (nSPS) is 11.0. The summed E-state index contributed by atoms with van der Waals surface area (Å²) in [6.45, 7) is 2.32. The zero-order chi connectivity index (χ0) is 21.0. The van der Waals surface area contributed by atoms with Gasteiger partial charge in [-0.05, 0) is 52.7 Å². The average Bonchev–Trinajstić information content (AvgIpc) is 3.11. The van der Waals surface area contributed by atoms with E-state index in [1.165, 1.54) is 30.5 Å². The fourth-order valence-corrected chi connectivity index (χ4v) is 3.22. The van der Waals surface area contributed by atoms with Gasteiger partial charge in [0.05, 0.1) is 29.3 Å². The molecule has 2 aromatic carbocycles. The second kappa shape index (κ2) is 8.74. The van der Waals surface area contributed by atoms with E-state index in [9.17, 15) is 14.9 Å². The summed E-state index contributed by atoms with van der Waals surface area (Å²) < 4.78 is 16.9. The van der Waals surface area contributed by atoms with Crippen LogP contribution in [-0.4, -0.2) is 30.8 Å². The third-order valence-electron chi connectivity index (χ3n) is 3.85. The lowest BCUT2D eigenvalue weighted by Gasteiger charge is -2.11. The van der Waals surface area contributed by atoms with Crippen LogP contribution >= 0.6 is 15.9 Å². The summed E-state index contributed by atoms with van der Waals surface area (Å²) in [7, 11) is 1.54. The van der Waals surface area contributed by atoms with Gasteiger partial charge in [-0.25, -0.2) is 5.43 Å². The number of hydrogen-bond acceptors (Lipinski definition) is 7. The number of rotatable bonds is 7. The average molecular weight is 462 g/mol. The van der Waals surface area contributed by atoms with E-state index in [1.54, 1.807) is 19.2 Å². The van der Waals surface area contributed by atoms with E-state index >= 15 is 0 Å². The summed E-state index contributed by atoms with van der Waals surface area (Å²) in [6, 6.07) is 8.99. The fourth-order valence-electron chi connectivity index (χ4n) is 2.60. The molecule has 0 fully saturated rings. The van der Waals surface area contributed by atoms with Crippen LogP contribution in [0.15, 0.2) is 50.4 Å². The maximum absolute atomic E-state index is 12.3. The lowest BCUT2D eigenvalue weighted by molar-refractivity contribution is -0.384. The highest BCUT2D eigenvalue weighted by Gasteiger charge is 2.15. The number of nitrogens with one attached hydrogen (secondary N) is 1. The Hall–Kier alpha value is -3.40. The minimum absolute atomic E-state index is 0.0106. The summed E-state index contributed by atoms with van der Waals surface area (Å²) in [5.74, 6) is 0.502. The van der Waals surface area contributed by atoms with Crippen LogP contribution in [0.25, 0.3) is 11.0 Å². The number of amides is 1. The number of carbonyl (C=O) groups excluding carboxylic acids is 1. The maximum atomic E-state index is 12.3. The van der Waals surface area contributed by atoms with Gasteiger partial charge in [0.25, 0.3) is 5.69 Å². The Morgan fingerprint density at radius 2 is 2.14 bits per heavy atom. The molecule has 0 saturated carbocycles. The highest BCUT2D eigenvalue weighted by Crippen LogP contribution is 2.36. The molecule has 150 valence electrons. The van der Waals surface area contributed by atoms with E-state index in [2.05, 4.69) is 26.5 Å². The van der Waals surface area contributed by atoms with Gasteiger partial charge in [-0.1, -0.05) is 0 Å². The van der Waals surface area contributed by atoms with Gasteiger partial charge in [0.1, 0.15) is 5.58 Å². The largest absolute Gasteiger partial charge is 0.492 e. The lowest BCUT2D eigenvalue weighted by atomic mass is 10.2. The Morgan fingerprint density at radius 1 is 1.34 bits per heavy atom. The van der Waals surface area contributed by atoms with Crippen LogP contribution in [0.2, 0.25) is 0 Å². The summed E-state index contributed by atoms with van der Waals surface area (Å²) in [5.41, 5.74) is 3.31. The third kappa shape index (κ3) is 4.54. The molecule has 0 radical (unpaired) electrons. The highest BCUT2D eigenvalue weighted by atomic mass is 79.9. The Labute approximate surface area is 173 Å². The first-order valence-electron chi connectivity index (χ1n) is 8.44. The number of nitrogens with zero attached hydrogens (tertiary/aromatic N) is 2. The molecule has 1 N–H and O–H groups in total. The van der Waals surface area contributed by atoms with Gasteiger partial charge in [-0.2, -0.15) is 5.10 Å². The van der Waals surface area contributed by atoms with Gasteiger partial charge < -0.3 is 13.9 Å². The summed E-state index contributed by atoms with van der Waals surface area (Å²) in [5, 5.41) is 15.2. The topological polar surface area (TPSA) is 116 Å². The molecule has 0 aliphatic carbocycles. The van der Waals surface area contributed by atoms with Crippen LogP contribution in [-0.2, 0) is 0 Å². The minimum atomic E-state index is -0.585. The SMILES string of the molecule is CCOc1cc(/C=N\NC(=O)c2cc3cc([N+](=O)[O-])ccc3o2)cc(Br)c1OC. The number of non-ortho nitro benzene ring substituents is 1. The van der Waals surface area contributed by atoms with Gasteiger partial charge >= 0.3 is 5.91 Å². The van der Waals surface area contributed by atoms with Crippen molar-refractivity contribution in [1.29, 1.82) is 0 Å². The van der Waals surface area contributed by atoms with Crippen LogP contribution in [0.1, 0.15) is 23.0 Å². The molecule has 0 unspecified atom stereocenters. The number of methoxy groups -OCH3 is 1. The molecule has 0 saturated heterocycles. The van der Waals surface area contributed by atoms with Gasteiger partial charge in [0.2, 0.25) is 0 Å². The van der Waals surface area contributed by atoms with E-state index in [-0.39, 0.29) is 11.4 Å². The molecule has 0 spiro atoms. The molecule has 3 rings (SSSR count). The standard InChI is InChI=1S/C19H16BrN3O6/c1-3-28-16-7-11(6-14(20)18(16)27-2)10-21-22-19(24)17-9-12-8-13(23(25)26)4-5-15(12)29-17/h4-10H,3H2,1-2H3,(H,22,24)/b21-10-. The second-order valence-electron chi connectivity index (χ2n) is 5.76. The molecule has 1 heterocycles. The number of nitro groups is 1. The smallest absolute Gasteiger partial charge is 0.307 e. The van der Waals surface area contributed by atoms with E-state index in [1.807, 2.05) is 6.92 Å². The van der Waals surface area contributed by atoms with Crippen LogP contribution in [0, 0.1) is 10.1 Å². The molecular weight excluding hydrogens is 446 g/mol. The number of ether oxygens (including phenoxy) is 2. The molecule has 0 bridgehead atoms. The number of carbonyl (C=O) groups is 1. The van der Waals surface area contributed by atoms with Crippen molar-refractivity contribution in [3.63, 3.8) is 0 Å². The molecule has 10 heteroatoms. The molecular formula is C19H16BrN3O6. The lowest BCUT2D eigenvalue weighted by Crippen LogP contribution is -2.16. The Bertz CT molecular complexity index is 1110. The predicted molar refractivity (Wildman–Crippen MR) is 110 cm³/mol. The van der Waals surface area contributed by atoms with Crippen LogP contribution in [0.3, 0.4) is 0 Å². The molecule has 0 aliphatic rings. The Kier molecular flexibility index (Phi) is 6.13. The number of benzene rings is 2. The van der Waals surface area contributed by atoms with E-state index in [0.29, 0.717) is 39.1 Å². The van der Waals surface area contributed by atoms with Crippen LogP contribution < -0.4 is 14.9 Å². The van der Waals surface area contributed by atoms with Crippen LogP contribution in [0.4, 0.5) is 5.69 Å².